The highest BCUT2D eigenvalue weighted by Gasteiger charge is 2.20. The number of halogens is 3. The number of anilines is 2. The predicted molar refractivity (Wildman–Crippen MR) is 107 cm³/mol. The van der Waals surface area contributed by atoms with E-state index in [1.807, 2.05) is 4.90 Å². The Labute approximate surface area is 172 Å². The third-order valence-corrected chi connectivity index (χ3v) is 5.72. The number of piperazine rings is 1. The fourth-order valence-electron chi connectivity index (χ4n) is 3.04. The van der Waals surface area contributed by atoms with Gasteiger partial charge in [-0.3, -0.25) is 4.72 Å². The lowest BCUT2D eigenvalue weighted by Crippen LogP contribution is -2.43. The highest BCUT2D eigenvalue weighted by atomic mass is 32.2. The molecule has 0 amide bonds. The molecule has 1 saturated heterocycles. The number of ether oxygens (including phenoxy) is 2. The van der Waals surface area contributed by atoms with Gasteiger partial charge in [0.1, 0.15) is 24.8 Å². The van der Waals surface area contributed by atoms with Gasteiger partial charge in [-0.25, -0.2) is 12.8 Å². The fraction of sp³-hybridized carbons (Fsp3) is 0.368. The summed E-state index contributed by atoms with van der Waals surface area (Å²) in [4.78, 5) is 1.79. The van der Waals surface area contributed by atoms with E-state index >= 15 is 0 Å². The Morgan fingerprint density at radius 1 is 1.13 bits per heavy atom. The fourth-order valence-corrected chi connectivity index (χ4v) is 4.12. The smallest absolute Gasteiger partial charge is 0.387 e. The van der Waals surface area contributed by atoms with Crippen molar-refractivity contribution in [2.24, 2.45) is 0 Å². The quantitative estimate of drug-likeness (QED) is 0.618. The van der Waals surface area contributed by atoms with Crippen molar-refractivity contribution in [2.45, 2.75) is 11.5 Å². The molecule has 30 heavy (non-hydrogen) atoms. The maximum absolute atomic E-state index is 12.7. The molecular weight excluding hydrogens is 423 g/mol. The SMILES string of the molecule is O=S(=O)(Nc1ccc(OCCF)c(N2CCNCC2)c1)c1cccc(OC(F)F)c1. The first-order valence-electron chi connectivity index (χ1n) is 9.25. The first-order chi connectivity index (χ1) is 14.4. The second kappa shape index (κ2) is 9.90. The Kier molecular flexibility index (Phi) is 7.27. The summed E-state index contributed by atoms with van der Waals surface area (Å²) in [6.45, 7) is -0.975. The maximum Gasteiger partial charge on any atom is 0.387 e. The van der Waals surface area contributed by atoms with Crippen LogP contribution in [0.15, 0.2) is 47.4 Å². The summed E-state index contributed by atoms with van der Waals surface area (Å²) in [5, 5.41) is 3.22. The molecule has 1 aliphatic rings. The van der Waals surface area contributed by atoms with Crippen molar-refractivity contribution in [3.8, 4) is 11.5 Å². The largest absolute Gasteiger partial charge is 0.489 e. The van der Waals surface area contributed by atoms with Gasteiger partial charge in [-0.05, 0) is 30.3 Å². The first kappa shape index (κ1) is 22.0. The van der Waals surface area contributed by atoms with Crippen molar-refractivity contribution < 1.29 is 31.1 Å². The molecule has 7 nitrogen and oxygen atoms in total. The minimum atomic E-state index is -4.06. The molecule has 2 aromatic rings. The lowest BCUT2D eigenvalue weighted by Gasteiger charge is -2.31. The van der Waals surface area contributed by atoms with E-state index in [4.69, 9.17) is 4.74 Å². The highest BCUT2D eigenvalue weighted by Crippen LogP contribution is 2.33. The Hall–Kier alpha value is -2.66. The van der Waals surface area contributed by atoms with Crippen molar-refractivity contribution in [2.75, 3.05) is 49.1 Å². The van der Waals surface area contributed by atoms with Crippen LogP contribution in [-0.4, -0.2) is 54.5 Å². The van der Waals surface area contributed by atoms with E-state index < -0.39 is 23.3 Å². The summed E-state index contributed by atoms with van der Waals surface area (Å²) in [6.07, 6.45) is 0. The van der Waals surface area contributed by atoms with Crippen molar-refractivity contribution in [3.05, 3.63) is 42.5 Å². The van der Waals surface area contributed by atoms with Crippen LogP contribution >= 0.6 is 0 Å². The van der Waals surface area contributed by atoms with Gasteiger partial charge in [-0.2, -0.15) is 8.78 Å². The Balaban J connectivity index is 1.86. The Morgan fingerprint density at radius 3 is 2.60 bits per heavy atom. The van der Waals surface area contributed by atoms with Gasteiger partial charge in [0.25, 0.3) is 10.0 Å². The van der Waals surface area contributed by atoms with Crippen molar-refractivity contribution >= 4 is 21.4 Å². The molecule has 0 radical (unpaired) electrons. The van der Waals surface area contributed by atoms with Gasteiger partial charge in [0.15, 0.2) is 0 Å². The summed E-state index contributed by atoms with van der Waals surface area (Å²) in [5.41, 5.74) is 0.899. The van der Waals surface area contributed by atoms with Crippen LogP contribution in [0.5, 0.6) is 11.5 Å². The number of hydrogen-bond donors (Lipinski definition) is 2. The Morgan fingerprint density at radius 2 is 1.90 bits per heavy atom. The summed E-state index contributed by atoms with van der Waals surface area (Å²) < 4.78 is 75.0. The predicted octanol–water partition coefficient (Wildman–Crippen LogP) is 2.85. The van der Waals surface area contributed by atoms with E-state index in [-0.39, 0.29) is 22.9 Å². The molecule has 1 heterocycles. The van der Waals surface area contributed by atoms with Crippen LogP contribution in [0.3, 0.4) is 0 Å². The monoisotopic (exact) mass is 445 g/mol. The average molecular weight is 445 g/mol. The van der Waals surface area contributed by atoms with E-state index in [2.05, 4.69) is 14.8 Å². The molecule has 0 spiro atoms. The van der Waals surface area contributed by atoms with Gasteiger partial charge in [0.05, 0.1) is 16.3 Å². The Bertz CT molecular complexity index is 954. The van der Waals surface area contributed by atoms with Gasteiger partial charge in [0.2, 0.25) is 0 Å². The zero-order chi connectivity index (χ0) is 21.6. The summed E-state index contributed by atoms with van der Waals surface area (Å²) >= 11 is 0. The minimum Gasteiger partial charge on any atom is -0.489 e. The maximum atomic E-state index is 12.7. The molecule has 3 rings (SSSR count). The number of alkyl halides is 3. The molecule has 2 N–H and O–H groups in total. The van der Waals surface area contributed by atoms with Crippen molar-refractivity contribution in [1.29, 1.82) is 0 Å². The molecule has 1 fully saturated rings. The van der Waals surface area contributed by atoms with Gasteiger partial charge in [-0.1, -0.05) is 6.07 Å². The zero-order valence-electron chi connectivity index (χ0n) is 16.0. The van der Waals surface area contributed by atoms with Gasteiger partial charge < -0.3 is 19.7 Å². The highest BCUT2D eigenvalue weighted by molar-refractivity contribution is 7.92. The van der Waals surface area contributed by atoms with Crippen LogP contribution in [0, 0.1) is 0 Å². The summed E-state index contributed by atoms with van der Waals surface area (Å²) in [6, 6.07) is 9.52. The summed E-state index contributed by atoms with van der Waals surface area (Å²) in [5.74, 6) is 0.189. The van der Waals surface area contributed by atoms with Crippen LogP contribution in [0.1, 0.15) is 0 Å². The molecule has 11 heteroatoms. The third-order valence-electron chi connectivity index (χ3n) is 4.34. The average Bonchev–Trinajstić information content (AvgIpc) is 2.73. The normalized spacial score (nSPS) is 14.6. The van der Waals surface area contributed by atoms with Crippen LogP contribution in [0.25, 0.3) is 0 Å². The number of benzene rings is 2. The van der Waals surface area contributed by atoms with Crippen molar-refractivity contribution in [1.82, 2.24) is 5.32 Å². The molecule has 0 aromatic heterocycles. The molecule has 2 aromatic carbocycles. The van der Waals surface area contributed by atoms with Crippen LogP contribution < -0.4 is 24.4 Å². The molecule has 0 aliphatic carbocycles. The van der Waals surface area contributed by atoms with E-state index in [1.165, 1.54) is 24.3 Å². The third kappa shape index (κ3) is 5.70. The minimum absolute atomic E-state index is 0.110. The second-order valence-corrected chi connectivity index (χ2v) is 8.10. The van der Waals surface area contributed by atoms with Crippen LogP contribution in [0.2, 0.25) is 0 Å². The zero-order valence-corrected chi connectivity index (χ0v) is 16.8. The molecule has 0 atom stereocenters. The van der Waals surface area contributed by atoms with Crippen molar-refractivity contribution in [3.63, 3.8) is 0 Å². The van der Waals surface area contributed by atoms with Gasteiger partial charge in [0, 0.05) is 32.2 Å². The number of rotatable bonds is 9. The number of hydrogen-bond acceptors (Lipinski definition) is 6. The molecular formula is C19H22F3N3O4S. The molecule has 1 aliphatic heterocycles. The number of nitrogens with zero attached hydrogens (tertiary/aromatic N) is 1. The lowest BCUT2D eigenvalue weighted by atomic mass is 10.2. The van der Waals surface area contributed by atoms with Gasteiger partial charge >= 0.3 is 6.61 Å². The standard InChI is InChI=1S/C19H22F3N3O4S/c20-6-11-28-18-5-4-14(12-17(18)25-9-7-23-8-10-25)24-30(26,27)16-3-1-2-15(13-16)29-19(21)22/h1-5,12-13,19,23-24H,6-11H2. The molecule has 0 unspecified atom stereocenters. The summed E-state index contributed by atoms with van der Waals surface area (Å²) in [7, 11) is -4.06. The lowest BCUT2D eigenvalue weighted by molar-refractivity contribution is -0.0499. The molecule has 164 valence electrons. The molecule has 0 saturated carbocycles. The van der Waals surface area contributed by atoms with E-state index in [0.717, 1.165) is 19.2 Å². The van der Waals surface area contributed by atoms with Gasteiger partial charge in [-0.15, -0.1) is 0 Å². The second-order valence-electron chi connectivity index (χ2n) is 6.42. The first-order valence-corrected chi connectivity index (χ1v) is 10.7. The van der Waals surface area contributed by atoms with E-state index in [1.54, 1.807) is 12.1 Å². The van der Waals surface area contributed by atoms with E-state index in [9.17, 15) is 21.6 Å². The van der Waals surface area contributed by atoms with E-state index in [0.29, 0.717) is 24.5 Å². The van der Waals surface area contributed by atoms with Crippen LogP contribution in [-0.2, 0) is 10.0 Å². The number of nitrogens with one attached hydrogen (secondary N) is 2. The molecule has 0 bridgehead atoms. The number of sulfonamides is 1. The topological polar surface area (TPSA) is 79.9 Å². The van der Waals surface area contributed by atoms with Crippen LogP contribution in [0.4, 0.5) is 24.5 Å².